The van der Waals surface area contributed by atoms with Gasteiger partial charge in [0.2, 0.25) is 0 Å². The van der Waals surface area contributed by atoms with Gasteiger partial charge in [-0.2, -0.15) is 5.26 Å². The van der Waals surface area contributed by atoms with Gasteiger partial charge in [0.25, 0.3) is 0 Å². The van der Waals surface area contributed by atoms with Crippen molar-refractivity contribution in [2.45, 2.75) is 19.8 Å². The fraction of sp³-hybridized carbons (Fsp3) is 0.412. The Morgan fingerprint density at radius 3 is 3.05 bits per heavy atom. The van der Waals surface area contributed by atoms with Crippen LogP contribution in [0.2, 0.25) is 0 Å². The van der Waals surface area contributed by atoms with Crippen LogP contribution < -0.4 is 0 Å². The van der Waals surface area contributed by atoms with Crippen LogP contribution in [0.1, 0.15) is 24.8 Å². The molecule has 1 saturated heterocycles. The normalized spacial score (nSPS) is 20.6. The van der Waals surface area contributed by atoms with Crippen molar-refractivity contribution in [2.75, 3.05) is 19.6 Å². The number of aliphatic hydroxyl groups excluding tert-OH is 1. The summed E-state index contributed by atoms with van der Waals surface area (Å²) in [7, 11) is 0. The molecule has 1 aliphatic rings. The van der Waals surface area contributed by atoms with Gasteiger partial charge in [-0.3, -0.25) is 4.90 Å². The molecule has 0 radical (unpaired) electrons. The van der Waals surface area contributed by atoms with E-state index in [4.69, 9.17) is 0 Å². The largest absolute Gasteiger partial charge is 0.509 e. The molecule has 114 valence electrons. The van der Waals surface area contributed by atoms with E-state index in [2.05, 4.69) is 22.9 Å². The number of aromatic nitrogens is 1. The number of allylic oxidation sites excluding steroid dienone is 1. The van der Waals surface area contributed by atoms with Gasteiger partial charge in [-0.25, -0.2) is 4.98 Å². The van der Waals surface area contributed by atoms with Crippen LogP contribution in [0, 0.1) is 17.2 Å². The quantitative estimate of drug-likeness (QED) is 0.691. The maximum Gasteiger partial charge on any atom is 0.138 e. The lowest BCUT2D eigenvalue weighted by atomic mass is 10.0. The van der Waals surface area contributed by atoms with Crippen LogP contribution in [-0.4, -0.2) is 34.6 Å². The maximum atomic E-state index is 10.4. The molecule has 0 spiro atoms. The van der Waals surface area contributed by atoms with Crippen molar-refractivity contribution in [3.05, 3.63) is 35.0 Å². The number of para-hydroxylation sites is 1. The van der Waals surface area contributed by atoms with Crippen LogP contribution in [0.3, 0.4) is 0 Å². The van der Waals surface area contributed by atoms with Crippen LogP contribution >= 0.6 is 11.3 Å². The summed E-state index contributed by atoms with van der Waals surface area (Å²) in [5.74, 6) is 0.783. The molecule has 0 saturated carbocycles. The molecule has 2 heterocycles. The first-order valence-corrected chi connectivity index (χ1v) is 8.39. The number of hydrogen-bond acceptors (Lipinski definition) is 5. The molecule has 1 unspecified atom stereocenters. The predicted molar refractivity (Wildman–Crippen MR) is 89.6 cm³/mol. The molecule has 2 aromatic rings. The summed E-state index contributed by atoms with van der Waals surface area (Å²) in [4.78, 5) is 6.69. The zero-order valence-corrected chi connectivity index (χ0v) is 13.4. The molecule has 1 aromatic heterocycles. The minimum Gasteiger partial charge on any atom is -0.509 e. The zero-order chi connectivity index (χ0) is 15.5. The lowest BCUT2D eigenvalue weighted by molar-refractivity contribution is 0.177. The van der Waals surface area contributed by atoms with Crippen LogP contribution in [0.15, 0.2) is 30.0 Å². The third-order valence-corrected chi connectivity index (χ3v) is 5.08. The zero-order valence-electron chi connectivity index (χ0n) is 12.6. The van der Waals surface area contributed by atoms with Gasteiger partial charge in [0.05, 0.1) is 16.8 Å². The minimum absolute atomic E-state index is 0.135. The fourth-order valence-electron chi connectivity index (χ4n) is 2.94. The number of aliphatic hydroxyl groups is 1. The van der Waals surface area contributed by atoms with Crippen LogP contribution in [0.5, 0.6) is 0 Å². The number of rotatable bonds is 3. The molecule has 1 N–H and O–H groups in total. The minimum atomic E-state index is 0.135. The third kappa shape index (κ3) is 3.13. The summed E-state index contributed by atoms with van der Waals surface area (Å²) in [6, 6.07) is 9.92. The van der Waals surface area contributed by atoms with Gasteiger partial charge in [-0.15, -0.1) is 11.3 Å². The molecule has 0 bridgehead atoms. The van der Waals surface area contributed by atoms with Gasteiger partial charge < -0.3 is 5.11 Å². The highest BCUT2D eigenvalue weighted by Crippen LogP contribution is 2.28. The summed E-state index contributed by atoms with van der Waals surface area (Å²) < 4.78 is 1.03. The van der Waals surface area contributed by atoms with Crippen molar-refractivity contribution >= 4 is 27.1 Å². The Kier molecular flexibility index (Phi) is 4.41. The second-order valence-corrected chi connectivity index (χ2v) is 6.93. The van der Waals surface area contributed by atoms with Gasteiger partial charge in [-0.1, -0.05) is 19.1 Å². The standard InChI is InChI=1S/C17H19N3OS/c1-12-5-4-8-20(10-12)11-15(21)13(9-18)17-19-14-6-2-3-7-16(14)22-17/h2-3,6-7,12,21H,4-5,8,10-11H2,1H3. The van der Waals surface area contributed by atoms with E-state index in [1.165, 1.54) is 17.8 Å². The molecule has 3 rings (SSSR count). The smallest absolute Gasteiger partial charge is 0.138 e. The number of piperidine rings is 1. The molecule has 1 atom stereocenters. The number of thiazole rings is 1. The lowest BCUT2D eigenvalue weighted by Gasteiger charge is -2.30. The summed E-state index contributed by atoms with van der Waals surface area (Å²) in [6.07, 6.45) is 2.39. The number of nitrogens with zero attached hydrogens (tertiary/aromatic N) is 3. The number of hydrogen-bond donors (Lipinski definition) is 1. The highest BCUT2D eigenvalue weighted by molar-refractivity contribution is 7.19. The van der Waals surface area contributed by atoms with Crippen molar-refractivity contribution in [3.63, 3.8) is 0 Å². The van der Waals surface area contributed by atoms with Crippen molar-refractivity contribution in [3.8, 4) is 6.07 Å². The average molecular weight is 313 g/mol. The van der Waals surface area contributed by atoms with E-state index in [-0.39, 0.29) is 5.76 Å². The lowest BCUT2D eigenvalue weighted by Crippen LogP contribution is -2.35. The maximum absolute atomic E-state index is 10.4. The molecule has 1 fully saturated rings. The van der Waals surface area contributed by atoms with Crippen molar-refractivity contribution in [1.82, 2.24) is 9.88 Å². The molecule has 22 heavy (non-hydrogen) atoms. The van der Waals surface area contributed by atoms with E-state index in [1.807, 2.05) is 24.3 Å². The van der Waals surface area contributed by atoms with Gasteiger partial charge in [-0.05, 0) is 37.4 Å². The number of benzene rings is 1. The van der Waals surface area contributed by atoms with E-state index in [1.54, 1.807) is 0 Å². The first-order valence-electron chi connectivity index (χ1n) is 7.58. The molecule has 0 amide bonds. The fourth-order valence-corrected chi connectivity index (χ4v) is 3.92. The Morgan fingerprint density at radius 2 is 2.32 bits per heavy atom. The topological polar surface area (TPSA) is 60.1 Å². The van der Waals surface area contributed by atoms with E-state index in [9.17, 15) is 10.4 Å². The summed E-state index contributed by atoms with van der Waals surface area (Å²) >= 11 is 1.45. The molecular formula is C17H19N3OS. The molecule has 4 nitrogen and oxygen atoms in total. The highest BCUT2D eigenvalue weighted by atomic mass is 32.1. The van der Waals surface area contributed by atoms with E-state index >= 15 is 0 Å². The molecule has 0 aliphatic carbocycles. The highest BCUT2D eigenvalue weighted by Gasteiger charge is 2.20. The van der Waals surface area contributed by atoms with Gasteiger partial charge >= 0.3 is 0 Å². The van der Waals surface area contributed by atoms with E-state index < -0.39 is 0 Å². The SMILES string of the molecule is CC1CCCN(CC(O)=C(C#N)c2nc3ccccc3s2)C1. The third-order valence-electron chi connectivity index (χ3n) is 4.02. The Morgan fingerprint density at radius 1 is 1.50 bits per heavy atom. The van der Waals surface area contributed by atoms with Crippen LogP contribution in [-0.2, 0) is 0 Å². The average Bonchev–Trinajstić information content (AvgIpc) is 2.91. The van der Waals surface area contributed by atoms with Crippen molar-refractivity contribution < 1.29 is 5.11 Å². The van der Waals surface area contributed by atoms with Crippen LogP contribution in [0.25, 0.3) is 15.8 Å². The molecule has 1 aliphatic heterocycles. The Hall–Kier alpha value is -1.90. The molecule has 1 aromatic carbocycles. The number of nitriles is 1. The van der Waals surface area contributed by atoms with Gasteiger partial charge in [0.1, 0.15) is 22.4 Å². The summed E-state index contributed by atoms with van der Waals surface area (Å²) in [5.41, 5.74) is 1.18. The Labute approximate surface area is 134 Å². The van der Waals surface area contributed by atoms with Crippen LogP contribution in [0.4, 0.5) is 0 Å². The van der Waals surface area contributed by atoms with Crippen molar-refractivity contribution in [2.24, 2.45) is 5.92 Å². The molecular weight excluding hydrogens is 294 g/mol. The number of likely N-dealkylation sites (tertiary alicyclic amines) is 1. The molecule has 5 heteroatoms. The predicted octanol–water partition coefficient (Wildman–Crippen LogP) is 3.82. The summed E-state index contributed by atoms with van der Waals surface area (Å²) in [5, 5.41) is 20.4. The van der Waals surface area contributed by atoms with Crippen molar-refractivity contribution in [1.29, 1.82) is 5.26 Å². The number of fused-ring (bicyclic) bond motifs is 1. The Bertz CT molecular complexity index is 711. The van der Waals surface area contributed by atoms with Gasteiger partial charge in [0.15, 0.2) is 0 Å². The monoisotopic (exact) mass is 313 g/mol. The first-order chi connectivity index (χ1) is 10.7. The van der Waals surface area contributed by atoms with E-state index in [0.29, 0.717) is 23.0 Å². The second kappa shape index (κ2) is 6.47. The second-order valence-electron chi connectivity index (χ2n) is 5.90. The Balaban J connectivity index is 1.86. The summed E-state index contributed by atoms with van der Waals surface area (Å²) in [6.45, 7) is 4.62. The van der Waals surface area contributed by atoms with E-state index in [0.717, 1.165) is 29.7 Å². The van der Waals surface area contributed by atoms with Gasteiger partial charge in [0, 0.05) is 6.54 Å². The first kappa shape index (κ1) is 15.0.